The molecular weight excluding hydrogens is 360 g/mol. The molecule has 1 aliphatic heterocycles. The fourth-order valence-electron chi connectivity index (χ4n) is 3.75. The van der Waals surface area contributed by atoms with Crippen molar-refractivity contribution < 1.29 is 14.4 Å². The van der Waals surface area contributed by atoms with Crippen molar-refractivity contribution in [2.24, 2.45) is 17.8 Å². The Balaban J connectivity index is 1.26. The highest BCUT2D eigenvalue weighted by Crippen LogP contribution is 2.50. The van der Waals surface area contributed by atoms with Gasteiger partial charge in [-0.2, -0.15) is 0 Å². The van der Waals surface area contributed by atoms with Crippen molar-refractivity contribution in [1.82, 2.24) is 10.2 Å². The zero-order valence-corrected chi connectivity index (χ0v) is 16.0. The zero-order chi connectivity index (χ0) is 18.8. The van der Waals surface area contributed by atoms with Crippen LogP contribution in [0.15, 0.2) is 35.2 Å². The van der Waals surface area contributed by atoms with Gasteiger partial charge in [-0.3, -0.25) is 19.3 Å². The SMILES string of the molecule is O=C(CC(C1CC1)C1CC1)NCCN1C(=O)S/C(=C/c2ccccc2)C1=O. The van der Waals surface area contributed by atoms with Crippen LogP contribution in [0.5, 0.6) is 0 Å². The van der Waals surface area contributed by atoms with Crippen LogP contribution < -0.4 is 5.32 Å². The van der Waals surface area contributed by atoms with E-state index in [4.69, 9.17) is 0 Å². The minimum absolute atomic E-state index is 0.0469. The molecule has 1 aromatic carbocycles. The number of thioether (sulfide) groups is 1. The molecule has 3 fully saturated rings. The highest BCUT2D eigenvalue weighted by atomic mass is 32.2. The van der Waals surface area contributed by atoms with Crippen LogP contribution in [0.2, 0.25) is 0 Å². The molecular formula is C21H24N2O3S. The van der Waals surface area contributed by atoms with E-state index in [0.717, 1.165) is 29.2 Å². The molecule has 142 valence electrons. The highest BCUT2D eigenvalue weighted by Gasteiger charge is 2.42. The van der Waals surface area contributed by atoms with Crippen LogP contribution in [0.25, 0.3) is 6.08 Å². The highest BCUT2D eigenvalue weighted by molar-refractivity contribution is 8.18. The molecule has 0 atom stereocenters. The fourth-order valence-corrected chi connectivity index (χ4v) is 4.62. The maximum absolute atomic E-state index is 12.5. The molecule has 1 heterocycles. The van der Waals surface area contributed by atoms with Crippen molar-refractivity contribution in [2.75, 3.05) is 13.1 Å². The van der Waals surface area contributed by atoms with Crippen molar-refractivity contribution in [1.29, 1.82) is 0 Å². The lowest BCUT2D eigenvalue weighted by Gasteiger charge is -2.16. The molecule has 3 amide bonds. The van der Waals surface area contributed by atoms with Gasteiger partial charge in [0.15, 0.2) is 0 Å². The van der Waals surface area contributed by atoms with Gasteiger partial charge < -0.3 is 5.32 Å². The summed E-state index contributed by atoms with van der Waals surface area (Å²) in [5.74, 6) is 1.79. The Morgan fingerprint density at radius 1 is 1.15 bits per heavy atom. The van der Waals surface area contributed by atoms with Crippen LogP contribution >= 0.6 is 11.8 Å². The average molecular weight is 385 g/mol. The summed E-state index contributed by atoms with van der Waals surface area (Å²) in [5, 5.41) is 2.62. The average Bonchev–Trinajstić information content (AvgIpc) is 3.56. The fraction of sp³-hybridized carbons (Fsp3) is 0.476. The molecule has 2 saturated carbocycles. The predicted octanol–water partition coefficient (Wildman–Crippen LogP) is 3.67. The third-order valence-corrected chi connectivity index (χ3v) is 6.41. The maximum atomic E-state index is 12.5. The molecule has 0 spiro atoms. The van der Waals surface area contributed by atoms with Gasteiger partial charge in [-0.05, 0) is 66.8 Å². The number of rotatable bonds is 8. The van der Waals surface area contributed by atoms with E-state index in [9.17, 15) is 14.4 Å². The summed E-state index contributed by atoms with van der Waals surface area (Å²) in [5.41, 5.74) is 0.891. The monoisotopic (exact) mass is 384 g/mol. The first-order chi connectivity index (χ1) is 13.1. The number of nitrogens with zero attached hydrogens (tertiary/aromatic N) is 1. The molecule has 1 N–H and O–H groups in total. The van der Waals surface area contributed by atoms with E-state index in [2.05, 4.69) is 5.32 Å². The van der Waals surface area contributed by atoms with Crippen LogP contribution in [0.3, 0.4) is 0 Å². The second-order valence-electron chi connectivity index (χ2n) is 7.64. The number of benzene rings is 1. The van der Waals surface area contributed by atoms with Gasteiger partial charge in [0, 0.05) is 19.5 Å². The summed E-state index contributed by atoms with van der Waals surface area (Å²) < 4.78 is 0. The van der Waals surface area contributed by atoms with Gasteiger partial charge in [-0.15, -0.1) is 0 Å². The Bertz CT molecular complexity index is 757. The van der Waals surface area contributed by atoms with Gasteiger partial charge in [0.05, 0.1) is 4.91 Å². The lowest BCUT2D eigenvalue weighted by molar-refractivity contribution is -0.124. The largest absolute Gasteiger partial charge is 0.354 e. The number of amides is 3. The predicted molar refractivity (Wildman–Crippen MR) is 106 cm³/mol. The third kappa shape index (κ3) is 4.61. The minimum Gasteiger partial charge on any atom is -0.354 e. The van der Waals surface area contributed by atoms with E-state index < -0.39 is 0 Å². The quantitative estimate of drug-likeness (QED) is 0.695. The second kappa shape index (κ2) is 7.89. The van der Waals surface area contributed by atoms with Crippen molar-refractivity contribution in [3.8, 4) is 0 Å². The second-order valence-corrected chi connectivity index (χ2v) is 8.63. The number of imide groups is 1. The molecule has 2 aliphatic carbocycles. The van der Waals surface area contributed by atoms with Crippen LogP contribution in [-0.2, 0) is 9.59 Å². The Labute approximate surface area is 163 Å². The van der Waals surface area contributed by atoms with E-state index in [1.807, 2.05) is 30.3 Å². The lowest BCUT2D eigenvalue weighted by Crippen LogP contribution is -2.37. The molecule has 0 unspecified atom stereocenters. The number of hydrogen-bond acceptors (Lipinski definition) is 4. The van der Waals surface area contributed by atoms with Gasteiger partial charge >= 0.3 is 0 Å². The van der Waals surface area contributed by atoms with Crippen molar-refractivity contribution in [3.63, 3.8) is 0 Å². The number of hydrogen-bond donors (Lipinski definition) is 1. The Hall–Kier alpha value is -2.08. The van der Waals surface area contributed by atoms with Gasteiger partial charge in [0.2, 0.25) is 5.91 Å². The molecule has 1 saturated heterocycles. The summed E-state index contributed by atoms with van der Waals surface area (Å²) in [6.45, 7) is 0.539. The van der Waals surface area contributed by atoms with Crippen molar-refractivity contribution in [3.05, 3.63) is 40.8 Å². The first-order valence-electron chi connectivity index (χ1n) is 9.69. The molecule has 3 aliphatic rings. The summed E-state index contributed by atoms with van der Waals surface area (Å²) >= 11 is 0.956. The normalized spacial score (nSPS) is 21.4. The van der Waals surface area contributed by atoms with Crippen LogP contribution in [0.1, 0.15) is 37.7 Å². The molecule has 0 radical (unpaired) electrons. The van der Waals surface area contributed by atoms with Crippen LogP contribution in [0.4, 0.5) is 4.79 Å². The van der Waals surface area contributed by atoms with Crippen LogP contribution in [-0.4, -0.2) is 35.0 Å². The van der Waals surface area contributed by atoms with Gasteiger partial charge in [0.25, 0.3) is 11.1 Å². The topological polar surface area (TPSA) is 66.5 Å². The molecule has 4 rings (SSSR count). The number of carbonyl (C=O) groups is 3. The van der Waals surface area contributed by atoms with E-state index in [1.54, 1.807) is 6.08 Å². The van der Waals surface area contributed by atoms with E-state index in [1.165, 1.54) is 30.6 Å². The summed E-state index contributed by atoms with van der Waals surface area (Å²) in [6, 6.07) is 9.47. The van der Waals surface area contributed by atoms with Crippen molar-refractivity contribution in [2.45, 2.75) is 32.1 Å². The minimum atomic E-state index is -0.281. The standard InChI is InChI=1S/C21H24N2O3S/c24-19(13-17(15-6-7-15)16-8-9-16)22-10-11-23-20(25)18(27-21(23)26)12-14-4-2-1-3-5-14/h1-5,12,15-17H,6-11,13H2,(H,22,24)/b18-12+. The number of carbonyl (C=O) groups excluding carboxylic acids is 3. The Kier molecular flexibility index (Phi) is 5.34. The molecule has 0 aromatic heterocycles. The van der Waals surface area contributed by atoms with Crippen molar-refractivity contribution >= 4 is 34.9 Å². The zero-order valence-electron chi connectivity index (χ0n) is 15.2. The van der Waals surface area contributed by atoms with Gasteiger partial charge in [-0.25, -0.2) is 0 Å². The van der Waals surface area contributed by atoms with E-state index in [-0.39, 0.29) is 23.6 Å². The summed E-state index contributed by atoms with van der Waals surface area (Å²) in [4.78, 5) is 38.5. The van der Waals surface area contributed by atoms with E-state index in [0.29, 0.717) is 23.8 Å². The lowest BCUT2D eigenvalue weighted by atomic mass is 9.94. The summed E-state index contributed by atoms with van der Waals surface area (Å²) in [6.07, 6.45) is 7.38. The Morgan fingerprint density at radius 3 is 2.44 bits per heavy atom. The first kappa shape index (κ1) is 18.3. The smallest absolute Gasteiger partial charge is 0.293 e. The maximum Gasteiger partial charge on any atom is 0.293 e. The van der Waals surface area contributed by atoms with E-state index >= 15 is 0 Å². The van der Waals surface area contributed by atoms with Crippen LogP contribution in [0, 0.1) is 17.8 Å². The van der Waals surface area contributed by atoms with Gasteiger partial charge in [0.1, 0.15) is 0 Å². The van der Waals surface area contributed by atoms with Gasteiger partial charge in [-0.1, -0.05) is 30.3 Å². The molecule has 5 nitrogen and oxygen atoms in total. The number of nitrogens with one attached hydrogen (secondary N) is 1. The molecule has 1 aromatic rings. The Morgan fingerprint density at radius 2 is 1.81 bits per heavy atom. The first-order valence-corrected chi connectivity index (χ1v) is 10.5. The molecule has 6 heteroatoms. The molecule has 27 heavy (non-hydrogen) atoms. The third-order valence-electron chi connectivity index (χ3n) is 5.50. The summed E-state index contributed by atoms with van der Waals surface area (Å²) in [7, 11) is 0. The molecule has 0 bridgehead atoms.